The van der Waals surface area contributed by atoms with E-state index >= 15 is 0 Å². The Bertz CT molecular complexity index is 938. The Labute approximate surface area is 262 Å². The second-order valence-electron chi connectivity index (χ2n) is 9.98. The summed E-state index contributed by atoms with van der Waals surface area (Å²) in [5.74, 6) is -4.94. The highest BCUT2D eigenvalue weighted by Crippen LogP contribution is 1.98. The number of carboxylic acid groups (broad SMARTS) is 3. The molecule has 17 nitrogen and oxygen atoms in total. The maximum absolute atomic E-state index is 12.4. The van der Waals surface area contributed by atoms with Gasteiger partial charge in [0.05, 0.1) is 32.7 Å². The third-order valence-corrected chi connectivity index (χ3v) is 6.10. The highest BCUT2D eigenvalue weighted by Gasteiger charge is 2.19. The van der Waals surface area contributed by atoms with E-state index in [4.69, 9.17) is 0 Å². The molecule has 17 heteroatoms. The van der Waals surface area contributed by atoms with E-state index in [9.17, 15) is 48.9 Å². The molecule has 0 fully saturated rings. The number of unbranched alkanes of at least 4 members (excludes halogenated alkanes) is 2. The Balaban J connectivity index is 4.88. The van der Waals surface area contributed by atoms with Crippen molar-refractivity contribution in [2.24, 2.45) is 0 Å². The number of hydrogen-bond donors (Lipinski definition) is 7. The number of carboxylic acids is 3. The van der Waals surface area contributed by atoms with E-state index in [2.05, 4.69) is 34.4 Å². The minimum absolute atomic E-state index is 0.0350. The lowest BCUT2D eigenvalue weighted by Gasteiger charge is -2.28. The summed E-state index contributed by atoms with van der Waals surface area (Å²) in [6.45, 7) is 6.51. The number of nitrogens with zero attached hydrogens (tertiary/aromatic N) is 3. The van der Waals surface area contributed by atoms with Crippen LogP contribution in [0.15, 0.2) is 25.3 Å². The number of hydrogen-bond acceptors (Lipinski definition) is 10. The van der Waals surface area contributed by atoms with Crippen LogP contribution in [0.25, 0.3) is 0 Å². The summed E-state index contributed by atoms with van der Waals surface area (Å²) < 4.78 is 0. The normalized spacial score (nSPS) is 10.7. The van der Waals surface area contributed by atoms with Crippen molar-refractivity contribution >= 4 is 41.5 Å². The van der Waals surface area contributed by atoms with Gasteiger partial charge in [0, 0.05) is 52.4 Å². The summed E-state index contributed by atoms with van der Waals surface area (Å²) in [4.78, 5) is 85.4. The Hall–Kier alpha value is -4.35. The van der Waals surface area contributed by atoms with Crippen molar-refractivity contribution in [1.82, 2.24) is 36.0 Å². The van der Waals surface area contributed by atoms with E-state index in [0.29, 0.717) is 51.9 Å². The number of carbonyl (C=O) groups is 7. The molecule has 0 atom stereocenters. The molecule has 0 rings (SSSR count). The number of aliphatic carboxylic acids is 3. The summed E-state index contributed by atoms with van der Waals surface area (Å²) in [7, 11) is 0. The van der Waals surface area contributed by atoms with Crippen LogP contribution in [0.4, 0.5) is 0 Å². The van der Waals surface area contributed by atoms with E-state index in [1.807, 2.05) is 0 Å². The SMILES string of the molecule is C=CC(=O)NCCCCNC(=O)CN(CCN(CCN(CC(=O)O)CC(=O)NCCCCNC(=O)C=C)CC(=O)O)CC(=O)O. The van der Waals surface area contributed by atoms with Gasteiger partial charge >= 0.3 is 17.9 Å². The molecular formula is C28H47N7O10. The van der Waals surface area contributed by atoms with Crippen LogP contribution in [-0.2, 0) is 33.6 Å². The molecule has 0 aromatic rings. The van der Waals surface area contributed by atoms with Crippen molar-refractivity contribution in [3.63, 3.8) is 0 Å². The van der Waals surface area contributed by atoms with Crippen LogP contribution in [0.1, 0.15) is 25.7 Å². The molecule has 0 aromatic carbocycles. The molecule has 45 heavy (non-hydrogen) atoms. The first-order valence-corrected chi connectivity index (χ1v) is 14.5. The number of carbonyl (C=O) groups excluding carboxylic acids is 4. The van der Waals surface area contributed by atoms with Crippen LogP contribution in [0.3, 0.4) is 0 Å². The second-order valence-corrected chi connectivity index (χ2v) is 9.98. The minimum atomic E-state index is -1.18. The highest BCUT2D eigenvalue weighted by atomic mass is 16.4. The van der Waals surface area contributed by atoms with E-state index in [1.165, 1.54) is 14.7 Å². The molecule has 0 aliphatic carbocycles. The average Bonchev–Trinajstić information content (AvgIpc) is 2.96. The van der Waals surface area contributed by atoms with Gasteiger partial charge in [0.2, 0.25) is 23.6 Å². The van der Waals surface area contributed by atoms with Crippen molar-refractivity contribution in [2.75, 3.05) is 85.1 Å². The van der Waals surface area contributed by atoms with Gasteiger partial charge in [-0.3, -0.25) is 48.3 Å². The lowest BCUT2D eigenvalue weighted by atomic mass is 10.3. The molecule has 254 valence electrons. The molecule has 0 bridgehead atoms. The largest absolute Gasteiger partial charge is 0.480 e. The van der Waals surface area contributed by atoms with E-state index in [1.54, 1.807) is 0 Å². The van der Waals surface area contributed by atoms with Gasteiger partial charge in [-0.15, -0.1) is 0 Å². The van der Waals surface area contributed by atoms with E-state index < -0.39 is 49.4 Å². The Kier molecular flexibility index (Phi) is 22.6. The van der Waals surface area contributed by atoms with Crippen molar-refractivity contribution < 1.29 is 48.9 Å². The Morgan fingerprint density at radius 1 is 0.467 bits per heavy atom. The van der Waals surface area contributed by atoms with Gasteiger partial charge in [-0.2, -0.15) is 0 Å². The van der Waals surface area contributed by atoms with Crippen LogP contribution in [0.2, 0.25) is 0 Å². The standard InChI is InChI=1S/C28H47N7O10/c1-3-22(36)29-9-5-7-11-31-24(38)17-34(20-27(42)43)15-13-33(19-26(40)41)14-16-35(21-28(44)45)18-25(39)32-12-8-6-10-30-23(37)4-2/h3-4H,1-2,5-21H2,(H,29,36)(H,30,37)(H,31,38)(H,32,39)(H,40,41)(H,42,43)(H,44,45). The van der Waals surface area contributed by atoms with Gasteiger partial charge in [0.15, 0.2) is 0 Å². The molecular weight excluding hydrogens is 594 g/mol. The van der Waals surface area contributed by atoms with Gasteiger partial charge in [-0.25, -0.2) is 0 Å². The quantitative estimate of drug-likeness (QED) is 0.0347. The van der Waals surface area contributed by atoms with Crippen molar-refractivity contribution in [3.05, 3.63) is 25.3 Å². The fraction of sp³-hybridized carbons (Fsp3) is 0.607. The molecule has 0 saturated heterocycles. The van der Waals surface area contributed by atoms with Crippen LogP contribution >= 0.6 is 0 Å². The topological polar surface area (TPSA) is 238 Å². The summed E-state index contributed by atoms with van der Waals surface area (Å²) >= 11 is 0. The average molecular weight is 642 g/mol. The monoisotopic (exact) mass is 641 g/mol. The molecule has 0 heterocycles. The van der Waals surface area contributed by atoms with Crippen molar-refractivity contribution in [1.29, 1.82) is 0 Å². The fourth-order valence-corrected chi connectivity index (χ4v) is 3.88. The zero-order valence-electron chi connectivity index (χ0n) is 25.6. The number of amides is 4. The van der Waals surface area contributed by atoms with Crippen molar-refractivity contribution in [3.8, 4) is 0 Å². The smallest absolute Gasteiger partial charge is 0.317 e. The predicted octanol–water partition coefficient (Wildman–Crippen LogP) is -2.46. The third-order valence-electron chi connectivity index (χ3n) is 6.10. The van der Waals surface area contributed by atoms with Gasteiger partial charge in [0.1, 0.15) is 0 Å². The predicted molar refractivity (Wildman–Crippen MR) is 163 cm³/mol. The molecule has 0 unspecified atom stereocenters. The molecule has 0 radical (unpaired) electrons. The first-order valence-electron chi connectivity index (χ1n) is 14.5. The molecule has 0 aliphatic rings. The van der Waals surface area contributed by atoms with Gasteiger partial charge in [-0.1, -0.05) is 13.2 Å². The first kappa shape index (κ1) is 40.6. The van der Waals surface area contributed by atoms with E-state index in [-0.39, 0.29) is 51.1 Å². The zero-order chi connectivity index (χ0) is 34.0. The van der Waals surface area contributed by atoms with Crippen LogP contribution in [-0.4, -0.2) is 157 Å². The second kappa shape index (κ2) is 25.0. The molecule has 0 aromatic heterocycles. The Morgan fingerprint density at radius 3 is 1.07 bits per heavy atom. The summed E-state index contributed by atoms with van der Waals surface area (Å²) in [6, 6.07) is 0. The fourth-order valence-electron chi connectivity index (χ4n) is 3.88. The van der Waals surface area contributed by atoms with Gasteiger partial charge < -0.3 is 36.6 Å². The van der Waals surface area contributed by atoms with Crippen LogP contribution in [0, 0.1) is 0 Å². The van der Waals surface area contributed by atoms with Crippen LogP contribution in [0.5, 0.6) is 0 Å². The zero-order valence-corrected chi connectivity index (χ0v) is 25.6. The number of nitrogens with one attached hydrogen (secondary N) is 4. The molecule has 4 amide bonds. The summed E-state index contributed by atoms with van der Waals surface area (Å²) in [6.07, 6.45) is 4.69. The maximum Gasteiger partial charge on any atom is 0.317 e. The first-order chi connectivity index (χ1) is 21.4. The van der Waals surface area contributed by atoms with E-state index in [0.717, 1.165) is 12.2 Å². The summed E-state index contributed by atoms with van der Waals surface area (Å²) in [5, 5.41) is 38.5. The summed E-state index contributed by atoms with van der Waals surface area (Å²) in [5.41, 5.74) is 0. The highest BCUT2D eigenvalue weighted by molar-refractivity contribution is 5.87. The Morgan fingerprint density at radius 2 is 0.756 bits per heavy atom. The molecule has 0 saturated carbocycles. The lowest BCUT2D eigenvalue weighted by molar-refractivity contribution is -0.141. The third kappa shape index (κ3) is 24.8. The molecule has 7 N–H and O–H groups in total. The number of rotatable bonds is 28. The van der Waals surface area contributed by atoms with Gasteiger partial charge in [0.25, 0.3) is 0 Å². The molecule has 0 aliphatic heterocycles. The lowest BCUT2D eigenvalue weighted by Crippen LogP contribution is -2.47. The maximum atomic E-state index is 12.4. The van der Waals surface area contributed by atoms with Crippen molar-refractivity contribution in [2.45, 2.75) is 25.7 Å². The van der Waals surface area contributed by atoms with Crippen LogP contribution < -0.4 is 21.3 Å². The van der Waals surface area contributed by atoms with Gasteiger partial charge in [-0.05, 0) is 37.8 Å². The molecule has 0 spiro atoms. The minimum Gasteiger partial charge on any atom is -0.480 e.